The summed E-state index contributed by atoms with van der Waals surface area (Å²) in [6.07, 6.45) is 3.33. The van der Waals surface area contributed by atoms with E-state index in [1.807, 2.05) is 6.92 Å². The van der Waals surface area contributed by atoms with Gasteiger partial charge in [-0.25, -0.2) is 0 Å². The van der Waals surface area contributed by atoms with Crippen LogP contribution >= 0.6 is 11.3 Å². The van der Waals surface area contributed by atoms with E-state index in [9.17, 15) is 4.79 Å². The fraction of sp³-hybridized carbons (Fsp3) is 0.750. The Hall–Kier alpha value is -1.17. The Bertz CT molecular complexity index is 378. The molecule has 0 aliphatic heterocycles. The molecule has 0 saturated heterocycles. The van der Waals surface area contributed by atoms with Gasteiger partial charge in [0.15, 0.2) is 0 Å². The van der Waals surface area contributed by atoms with Crippen molar-refractivity contribution in [3.8, 4) is 0 Å². The van der Waals surface area contributed by atoms with Crippen LogP contribution < -0.4 is 10.6 Å². The van der Waals surface area contributed by atoms with Gasteiger partial charge in [0.2, 0.25) is 10.1 Å². The number of hydrogen-bond acceptors (Lipinski definition) is 5. The Kier molecular flexibility index (Phi) is 6.04. The van der Waals surface area contributed by atoms with Crippen LogP contribution in [0.2, 0.25) is 0 Å². The molecule has 0 spiro atoms. The van der Waals surface area contributed by atoms with Crippen LogP contribution in [0.5, 0.6) is 0 Å². The van der Waals surface area contributed by atoms with Gasteiger partial charge in [-0.1, -0.05) is 38.0 Å². The van der Waals surface area contributed by atoms with Gasteiger partial charge in [-0.3, -0.25) is 4.79 Å². The molecule has 0 aliphatic carbocycles. The van der Waals surface area contributed by atoms with E-state index in [0.29, 0.717) is 16.1 Å². The normalized spacial score (nSPS) is 12.5. The second kappa shape index (κ2) is 7.31. The van der Waals surface area contributed by atoms with Gasteiger partial charge in [0.1, 0.15) is 0 Å². The van der Waals surface area contributed by atoms with E-state index in [-0.39, 0.29) is 11.9 Å². The summed E-state index contributed by atoms with van der Waals surface area (Å²) in [5.74, 6) is 0.584. The topological polar surface area (TPSA) is 66.9 Å². The lowest BCUT2D eigenvalue weighted by molar-refractivity contribution is 0.0936. The molecule has 1 atom stereocenters. The van der Waals surface area contributed by atoms with Crippen molar-refractivity contribution in [2.24, 2.45) is 5.92 Å². The molecule has 0 saturated carbocycles. The minimum atomic E-state index is -0.133. The van der Waals surface area contributed by atoms with Crippen molar-refractivity contribution in [1.29, 1.82) is 0 Å². The number of amides is 1. The number of nitrogens with zero attached hydrogens (tertiary/aromatic N) is 2. The minimum absolute atomic E-state index is 0.133. The highest BCUT2D eigenvalue weighted by molar-refractivity contribution is 7.17. The zero-order chi connectivity index (χ0) is 13.5. The van der Waals surface area contributed by atoms with Crippen molar-refractivity contribution in [3.05, 3.63) is 5.01 Å². The van der Waals surface area contributed by atoms with E-state index in [1.54, 1.807) is 7.05 Å². The van der Waals surface area contributed by atoms with Gasteiger partial charge in [0.25, 0.3) is 5.91 Å². The van der Waals surface area contributed by atoms with Crippen molar-refractivity contribution in [3.63, 3.8) is 0 Å². The lowest BCUT2D eigenvalue weighted by atomic mass is 10.0. The van der Waals surface area contributed by atoms with Crippen molar-refractivity contribution < 1.29 is 4.79 Å². The molecule has 2 N–H and O–H groups in total. The second-order valence-corrected chi connectivity index (χ2v) is 5.84. The number of aromatic nitrogens is 2. The van der Waals surface area contributed by atoms with Crippen LogP contribution in [0.25, 0.3) is 0 Å². The first-order valence-electron chi connectivity index (χ1n) is 6.35. The average Bonchev–Trinajstić information content (AvgIpc) is 2.76. The predicted octanol–water partition coefficient (Wildman–Crippen LogP) is 2.52. The molecular formula is C12H22N4OS. The fourth-order valence-electron chi connectivity index (χ4n) is 1.61. The molecule has 1 aromatic rings. The third-order valence-electron chi connectivity index (χ3n) is 2.63. The van der Waals surface area contributed by atoms with Crippen LogP contribution in [0.1, 0.15) is 49.8 Å². The maximum atomic E-state index is 11.9. The van der Waals surface area contributed by atoms with Crippen molar-refractivity contribution in [2.45, 2.75) is 46.1 Å². The van der Waals surface area contributed by atoms with E-state index in [2.05, 4.69) is 34.7 Å². The Morgan fingerprint density at radius 2 is 2.00 bits per heavy atom. The van der Waals surface area contributed by atoms with Crippen LogP contribution in [-0.2, 0) is 0 Å². The number of carbonyl (C=O) groups excluding carboxylic acids is 1. The SMILES string of the molecule is CNc1nnc(C(=O)NC(C)CCCC(C)C)s1. The van der Waals surface area contributed by atoms with E-state index >= 15 is 0 Å². The highest BCUT2D eigenvalue weighted by Gasteiger charge is 2.14. The first kappa shape index (κ1) is 14.9. The third kappa shape index (κ3) is 5.00. The summed E-state index contributed by atoms with van der Waals surface area (Å²) < 4.78 is 0. The van der Waals surface area contributed by atoms with Gasteiger partial charge >= 0.3 is 0 Å². The van der Waals surface area contributed by atoms with Gasteiger partial charge in [0, 0.05) is 13.1 Å². The van der Waals surface area contributed by atoms with Gasteiger partial charge in [0.05, 0.1) is 0 Å². The standard InChI is InChI=1S/C12H22N4OS/c1-8(2)6-5-7-9(3)14-10(17)11-15-16-12(13-4)18-11/h8-9H,5-7H2,1-4H3,(H,13,16)(H,14,17). The minimum Gasteiger partial charge on any atom is -0.363 e. The molecule has 102 valence electrons. The van der Waals surface area contributed by atoms with Gasteiger partial charge in [-0.2, -0.15) is 0 Å². The number of carbonyl (C=O) groups is 1. The molecule has 1 heterocycles. The molecule has 0 aromatic carbocycles. The molecule has 0 fully saturated rings. The largest absolute Gasteiger partial charge is 0.363 e. The molecular weight excluding hydrogens is 248 g/mol. The van der Waals surface area contributed by atoms with E-state index in [4.69, 9.17) is 0 Å². The Balaban J connectivity index is 2.35. The van der Waals surface area contributed by atoms with Crippen LogP contribution in [0, 0.1) is 5.92 Å². The molecule has 1 aromatic heterocycles. The maximum absolute atomic E-state index is 11.9. The van der Waals surface area contributed by atoms with Crippen molar-refractivity contribution in [1.82, 2.24) is 15.5 Å². The molecule has 1 rings (SSSR count). The third-order valence-corrected chi connectivity index (χ3v) is 3.57. The Labute approximate surface area is 112 Å². The zero-order valence-corrected chi connectivity index (χ0v) is 12.3. The Morgan fingerprint density at radius 3 is 2.56 bits per heavy atom. The van der Waals surface area contributed by atoms with Crippen LogP contribution in [0.4, 0.5) is 5.13 Å². The van der Waals surface area contributed by atoms with Gasteiger partial charge in [-0.05, 0) is 19.3 Å². The molecule has 6 heteroatoms. The monoisotopic (exact) mass is 270 g/mol. The molecule has 1 unspecified atom stereocenters. The lowest BCUT2D eigenvalue weighted by Gasteiger charge is -2.13. The lowest BCUT2D eigenvalue weighted by Crippen LogP contribution is -2.32. The van der Waals surface area contributed by atoms with E-state index < -0.39 is 0 Å². The predicted molar refractivity (Wildman–Crippen MR) is 75.1 cm³/mol. The average molecular weight is 270 g/mol. The Morgan fingerprint density at radius 1 is 1.28 bits per heavy atom. The molecule has 0 radical (unpaired) electrons. The van der Waals surface area contributed by atoms with E-state index in [0.717, 1.165) is 12.8 Å². The smallest absolute Gasteiger partial charge is 0.282 e. The first-order chi connectivity index (χ1) is 8.52. The maximum Gasteiger partial charge on any atom is 0.282 e. The van der Waals surface area contributed by atoms with Crippen LogP contribution in [-0.4, -0.2) is 29.2 Å². The number of anilines is 1. The summed E-state index contributed by atoms with van der Waals surface area (Å²) in [5.41, 5.74) is 0. The summed E-state index contributed by atoms with van der Waals surface area (Å²) in [4.78, 5) is 11.9. The number of hydrogen-bond donors (Lipinski definition) is 2. The van der Waals surface area contributed by atoms with E-state index in [1.165, 1.54) is 17.8 Å². The molecule has 5 nitrogen and oxygen atoms in total. The summed E-state index contributed by atoms with van der Waals surface area (Å²) in [5, 5.41) is 14.6. The highest BCUT2D eigenvalue weighted by Crippen LogP contribution is 2.14. The first-order valence-corrected chi connectivity index (χ1v) is 7.16. The van der Waals surface area contributed by atoms with Crippen LogP contribution in [0.15, 0.2) is 0 Å². The van der Waals surface area contributed by atoms with Gasteiger partial charge < -0.3 is 10.6 Å². The number of rotatable bonds is 7. The summed E-state index contributed by atoms with van der Waals surface area (Å²) in [7, 11) is 1.76. The highest BCUT2D eigenvalue weighted by atomic mass is 32.1. The van der Waals surface area contributed by atoms with Crippen LogP contribution in [0.3, 0.4) is 0 Å². The zero-order valence-electron chi connectivity index (χ0n) is 11.5. The van der Waals surface area contributed by atoms with Crippen molar-refractivity contribution >= 4 is 22.4 Å². The molecule has 18 heavy (non-hydrogen) atoms. The molecule has 0 bridgehead atoms. The quantitative estimate of drug-likeness (QED) is 0.799. The van der Waals surface area contributed by atoms with Gasteiger partial charge in [-0.15, -0.1) is 10.2 Å². The second-order valence-electron chi connectivity index (χ2n) is 4.86. The van der Waals surface area contributed by atoms with Crippen molar-refractivity contribution in [2.75, 3.05) is 12.4 Å². The summed E-state index contributed by atoms with van der Waals surface area (Å²) in [6, 6.07) is 0.179. The summed E-state index contributed by atoms with van der Waals surface area (Å²) in [6.45, 7) is 6.45. The number of nitrogens with one attached hydrogen (secondary N) is 2. The summed E-state index contributed by atoms with van der Waals surface area (Å²) >= 11 is 1.27. The fourth-order valence-corrected chi connectivity index (χ4v) is 2.21. The molecule has 0 aliphatic rings. The molecule has 1 amide bonds.